The van der Waals surface area contributed by atoms with Crippen LogP contribution in [0.4, 0.5) is 0 Å². The highest BCUT2D eigenvalue weighted by Gasteiger charge is 2.31. The van der Waals surface area contributed by atoms with Gasteiger partial charge < -0.3 is 9.80 Å². The van der Waals surface area contributed by atoms with E-state index in [1.807, 2.05) is 4.90 Å². The van der Waals surface area contributed by atoms with Crippen molar-refractivity contribution in [3.8, 4) is 0 Å². The first kappa shape index (κ1) is 15.1. The molecule has 116 valence electrons. The minimum absolute atomic E-state index is 0.974. The minimum Gasteiger partial charge on any atom is -0.323 e. The number of nitrogens with one attached hydrogen (secondary N) is 2. The monoisotopic (exact) mass is 288 g/mol. The van der Waals surface area contributed by atoms with E-state index in [-0.39, 0.29) is 0 Å². The van der Waals surface area contributed by atoms with Gasteiger partial charge in [0.2, 0.25) is 0 Å². The van der Waals surface area contributed by atoms with Crippen molar-refractivity contribution in [3.05, 3.63) is 35.4 Å². The molecule has 1 aliphatic heterocycles. The topological polar surface area (TPSA) is 8.88 Å². The molecule has 1 saturated carbocycles. The molecule has 0 radical (unpaired) electrons. The average molecular weight is 288 g/mol. The van der Waals surface area contributed by atoms with Crippen molar-refractivity contribution in [1.82, 2.24) is 0 Å². The molecule has 0 bridgehead atoms. The van der Waals surface area contributed by atoms with Crippen LogP contribution in [0.25, 0.3) is 0 Å². The summed E-state index contributed by atoms with van der Waals surface area (Å²) in [5.41, 5.74) is 2.91. The summed E-state index contributed by atoms with van der Waals surface area (Å²) >= 11 is 0. The third-order valence-corrected chi connectivity index (χ3v) is 5.73. The molecule has 2 aliphatic rings. The fraction of sp³-hybridized carbons (Fsp3) is 0.684. The molecule has 1 aromatic carbocycles. The highest BCUT2D eigenvalue weighted by Crippen LogP contribution is 2.21. The molecule has 2 heteroatoms. The highest BCUT2D eigenvalue weighted by atomic mass is 15.3. The lowest BCUT2D eigenvalue weighted by molar-refractivity contribution is -1.03. The van der Waals surface area contributed by atoms with Crippen molar-refractivity contribution in [2.45, 2.75) is 52.1 Å². The Labute approximate surface area is 130 Å². The van der Waals surface area contributed by atoms with Crippen LogP contribution in [0.15, 0.2) is 24.3 Å². The van der Waals surface area contributed by atoms with E-state index in [0.717, 1.165) is 12.0 Å². The Morgan fingerprint density at radius 3 is 2.38 bits per heavy atom. The first-order valence-corrected chi connectivity index (χ1v) is 8.94. The third kappa shape index (κ3) is 4.08. The number of hydrogen-bond donors (Lipinski definition) is 2. The summed E-state index contributed by atoms with van der Waals surface area (Å²) < 4.78 is 0. The normalized spacial score (nSPS) is 33.8. The van der Waals surface area contributed by atoms with Crippen LogP contribution in [-0.4, -0.2) is 32.2 Å². The summed E-state index contributed by atoms with van der Waals surface area (Å²) in [6.07, 6.45) is 5.88. The molecular weight excluding hydrogens is 256 g/mol. The number of piperazine rings is 1. The Bertz CT molecular complexity index is 441. The Balaban J connectivity index is 1.47. The van der Waals surface area contributed by atoms with Crippen molar-refractivity contribution in [2.24, 2.45) is 5.92 Å². The lowest BCUT2D eigenvalue weighted by Crippen LogP contribution is -3.29. The maximum absolute atomic E-state index is 2.43. The Morgan fingerprint density at radius 2 is 1.71 bits per heavy atom. The number of benzene rings is 1. The van der Waals surface area contributed by atoms with E-state index in [0.29, 0.717) is 0 Å². The van der Waals surface area contributed by atoms with Gasteiger partial charge in [-0.3, -0.25) is 0 Å². The quantitative estimate of drug-likeness (QED) is 0.816. The first-order chi connectivity index (χ1) is 10.2. The predicted octanol–water partition coefficient (Wildman–Crippen LogP) is 0.857. The maximum atomic E-state index is 2.43. The zero-order valence-electron chi connectivity index (χ0n) is 13.8. The second-order valence-electron chi connectivity index (χ2n) is 7.53. The Kier molecular flexibility index (Phi) is 4.97. The van der Waals surface area contributed by atoms with Crippen molar-refractivity contribution in [1.29, 1.82) is 0 Å². The Hall–Kier alpha value is -0.860. The van der Waals surface area contributed by atoms with E-state index in [1.165, 1.54) is 69.5 Å². The third-order valence-electron chi connectivity index (χ3n) is 5.73. The van der Waals surface area contributed by atoms with E-state index in [4.69, 9.17) is 0 Å². The summed E-state index contributed by atoms with van der Waals surface area (Å²) in [4.78, 5) is 3.70. The van der Waals surface area contributed by atoms with Gasteiger partial charge >= 0.3 is 0 Å². The van der Waals surface area contributed by atoms with E-state index in [1.54, 1.807) is 4.90 Å². The maximum Gasteiger partial charge on any atom is 0.127 e. The molecule has 2 nitrogen and oxygen atoms in total. The van der Waals surface area contributed by atoms with Crippen LogP contribution in [0.3, 0.4) is 0 Å². The number of aryl methyl sites for hydroxylation is 1. The number of hydrogen-bond acceptors (Lipinski definition) is 0. The van der Waals surface area contributed by atoms with Gasteiger partial charge in [0.1, 0.15) is 32.7 Å². The zero-order chi connectivity index (χ0) is 14.7. The second kappa shape index (κ2) is 6.93. The largest absolute Gasteiger partial charge is 0.323 e. The molecule has 0 spiro atoms. The van der Waals surface area contributed by atoms with Crippen LogP contribution >= 0.6 is 0 Å². The predicted molar refractivity (Wildman–Crippen MR) is 87.7 cm³/mol. The smallest absolute Gasteiger partial charge is 0.127 e. The second-order valence-corrected chi connectivity index (χ2v) is 7.53. The molecule has 0 unspecified atom stereocenters. The molecule has 0 atom stereocenters. The highest BCUT2D eigenvalue weighted by molar-refractivity contribution is 5.21. The SMILES string of the molecule is Cc1cccc(C[NH+]2CC[NH+](C3CCC(C)CC3)CC2)c1. The van der Waals surface area contributed by atoms with Gasteiger partial charge in [0.15, 0.2) is 0 Å². The molecule has 3 rings (SSSR count). The van der Waals surface area contributed by atoms with Gasteiger partial charge in [-0.25, -0.2) is 0 Å². The van der Waals surface area contributed by atoms with Crippen molar-refractivity contribution >= 4 is 0 Å². The summed E-state index contributed by atoms with van der Waals surface area (Å²) in [6.45, 7) is 11.3. The van der Waals surface area contributed by atoms with E-state index >= 15 is 0 Å². The lowest BCUT2D eigenvalue weighted by atomic mass is 9.86. The lowest BCUT2D eigenvalue weighted by Gasteiger charge is -2.37. The van der Waals surface area contributed by atoms with Crippen molar-refractivity contribution in [2.75, 3.05) is 26.2 Å². The van der Waals surface area contributed by atoms with Gasteiger partial charge in [0.05, 0.1) is 6.04 Å². The Morgan fingerprint density at radius 1 is 1.00 bits per heavy atom. The molecule has 0 amide bonds. The van der Waals surface area contributed by atoms with E-state index < -0.39 is 0 Å². The summed E-state index contributed by atoms with van der Waals surface area (Å²) in [6, 6.07) is 10.0. The molecule has 2 N–H and O–H groups in total. The molecule has 1 saturated heterocycles. The van der Waals surface area contributed by atoms with Gasteiger partial charge in [-0.1, -0.05) is 36.8 Å². The van der Waals surface area contributed by atoms with Gasteiger partial charge in [0, 0.05) is 5.56 Å². The standard InChI is InChI=1S/C19H30N2/c1-16-6-8-19(9-7-16)21-12-10-20(11-13-21)15-18-5-3-4-17(2)14-18/h3-5,14,16,19H,6-13,15H2,1-2H3/p+2. The van der Waals surface area contributed by atoms with Crippen LogP contribution in [0, 0.1) is 12.8 Å². The molecule has 1 aromatic rings. The zero-order valence-corrected chi connectivity index (χ0v) is 13.8. The van der Waals surface area contributed by atoms with Gasteiger partial charge in [-0.2, -0.15) is 0 Å². The molecule has 2 fully saturated rings. The summed E-state index contributed by atoms with van der Waals surface area (Å²) in [7, 11) is 0. The number of quaternary nitrogens is 2. The number of rotatable bonds is 3. The fourth-order valence-electron chi connectivity index (χ4n) is 4.29. The summed E-state index contributed by atoms with van der Waals surface area (Å²) in [5.74, 6) is 0.980. The van der Waals surface area contributed by atoms with E-state index in [2.05, 4.69) is 38.1 Å². The first-order valence-electron chi connectivity index (χ1n) is 8.94. The van der Waals surface area contributed by atoms with Gasteiger partial charge in [0.25, 0.3) is 0 Å². The molecule has 0 aromatic heterocycles. The van der Waals surface area contributed by atoms with Gasteiger partial charge in [-0.15, -0.1) is 0 Å². The molecule has 1 heterocycles. The van der Waals surface area contributed by atoms with Gasteiger partial charge in [-0.05, 0) is 38.5 Å². The van der Waals surface area contributed by atoms with Crippen LogP contribution in [0.1, 0.15) is 43.7 Å². The minimum atomic E-state index is 0.974. The molecule has 21 heavy (non-hydrogen) atoms. The molecular formula is C19H32N2+2. The van der Waals surface area contributed by atoms with Crippen LogP contribution in [-0.2, 0) is 6.54 Å². The van der Waals surface area contributed by atoms with Crippen LogP contribution in [0.5, 0.6) is 0 Å². The molecule has 1 aliphatic carbocycles. The fourth-order valence-corrected chi connectivity index (χ4v) is 4.29. The van der Waals surface area contributed by atoms with Crippen molar-refractivity contribution in [3.63, 3.8) is 0 Å². The van der Waals surface area contributed by atoms with Crippen LogP contribution in [0.2, 0.25) is 0 Å². The van der Waals surface area contributed by atoms with E-state index in [9.17, 15) is 0 Å². The van der Waals surface area contributed by atoms with Crippen molar-refractivity contribution < 1.29 is 9.80 Å². The summed E-state index contributed by atoms with van der Waals surface area (Å²) in [5, 5.41) is 0. The van der Waals surface area contributed by atoms with Crippen LogP contribution < -0.4 is 9.80 Å². The average Bonchev–Trinajstić information content (AvgIpc) is 2.49.